The number of aromatic nitrogens is 2. The van der Waals surface area contributed by atoms with E-state index in [-0.39, 0.29) is 11.8 Å². The molecule has 2 aromatic rings. The Morgan fingerprint density at radius 1 is 1.24 bits per heavy atom. The quantitative estimate of drug-likeness (QED) is 0.359. The Kier molecular flexibility index (Phi) is 7.85. The molecule has 1 fully saturated rings. The first kappa shape index (κ1) is 21.5. The summed E-state index contributed by atoms with van der Waals surface area (Å²) >= 11 is 12.5. The van der Waals surface area contributed by atoms with Gasteiger partial charge in [-0.3, -0.25) is 14.5 Å². The SMILES string of the molecule is O=C(CCCN1C(=O)/C(=C/c2ccc(Cl)cc2)SC1=S)NCCCn1ccnc1. The van der Waals surface area contributed by atoms with Gasteiger partial charge in [0.25, 0.3) is 5.91 Å². The van der Waals surface area contributed by atoms with Crippen LogP contribution in [0.15, 0.2) is 47.9 Å². The maximum Gasteiger partial charge on any atom is 0.266 e. The smallest absolute Gasteiger partial charge is 0.266 e. The van der Waals surface area contributed by atoms with Crippen LogP contribution in [0.3, 0.4) is 0 Å². The number of carbonyl (C=O) groups excluding carboxylic acids is 2. The van der Waals surface area contributed by atoms with Crippen LogP contribution in [0.5, 0.6) is 0 Å². The molecule has 152 valence electrons. The van der Waals surface area contributed by atoms with E-state index < -0.39 is 0 Å². The van der Waals surface area contributed by atoms with Crippen molar-refractivity contribution < 1.29 is 9.59 Å². The molecule has 0 unspecified atom stereocenters. The highest BCUT2D eigenvalue weighted by molar-refractivity contribution is 8.26. The van der Waals surface area contributed by atoms with Gasteiger partial charge in [-0.2, -0.15) is 0 Å². The van der Waals surface area contributed by atoms with Crippen molar-refractivity contribution in [3.05, 3.63) is 58.5 Å². The first-order chi connectivity index (χ1) is 14.0. The van der Waals surface area contributed by atoms with Gasteiger partial charge in [-0.15, -0.1) is 0 Å². The monoisotopic (exact) mass is 448 g/mol. The predicted octanol–water partition coefficient (Wildman–Crippen LogP) is 3.72. The van der Waals surface area contributed by atoms with Crippen LogP contribution < -0.4 is 5.32 Å². The Balaban J connectivity index is 1.39. The first-order valence-corrected chi connectivity index (χ1v) is 10.9. The molecule has 1 N–H and O–H groups in total. The fourth-order valence-electron chi connectivity index (χ4n) is 2.80. The summed E-state index contributed by atoms with van der Waals surface area (Å²) in [6, 6.07) is 7.27. The van der Waals surface area contributed by atoms with Crippen LogP contribution in [-0.2, 0) is 16.1 Å². The minimum Gasteiger partial charge on any atom is -0.356 e. The lowest BCUT2D eigenvalue weighted by Gasteiger charge is -2.14. The molecule has 9 heteroatoms. The van der Waals surface area contributed by atoms with Gasteiger partial charge in [0.2, 0.25) is 5.91 Å². The highest BCUT2D eigenvalue weighted by Crippen LogP contribution is 2.32. The molecule has 0 spiro atoms. The highest BCUT2D eigenvalue weighted by atomic mass is 35.5. The summed E-state index contributed by atoms with van der Waals surface area (Å²) in [6.45, 7) is 1.86. The number of thioether (sulfide) groups is 1. The van der Waals surface area contributed by atoms with Crippen LogP contribution in [-0.4, -0.2) is 43.7 Å². The van der Waals surface area contributed by atoms with Crippen LogP contribution >= 0.6 is 35.6 Å². The number of imidazole rings is 1. The lowest BCUT2D eigenvalue weighted by atomic mass is 10.2. The average molecular weight is 449 g/mol. The molecule has 6 nitrogen and oxygen atoms in total. The molecule has 0 bridgehead atoms. The number of amides is 2. The van der Waals surface area contributed by atoms with Crippen LogP contribution in [0.2, 0.25) is 5.02 Å². The zero-order valence-electron chi connectivity index (χ0n) is 15.7. The first-order valence-electron chi connectivity index (χ1n) is 9.26. The van der Waals surface area contributed by atoms with Crippen molar-refractivity contribution in [1.29, 1.82) is 0 Å². The third-order valence-corrected chi connectivity index (χ3v) is 5.93. The topological polar surface area (TPSA) is 67.2 Å². The molecule has 3 rings (SSSR count). The van der Waals surface area contributed by atoms with E-state index in [1.54, 1.807) is 29.6 Å². The molecular formula is C20H21ClN4O2S2. The van der Waals surface area contributed by atoms with Gasteiger partial charge in [0, 0.05) is 43.5 Å². The number of benzene rings is 1. The van der Waals surface area contributed by atoms with Gasteiger partial charge in [-0.05, 0) is 36.6 Å². The number of hydrogen-bond acceptors (Lipinski definition) is 5. The van der Waals surface area contributed by atoms with Crippen molar-refractivity contribution in [1.82, 2.24) is 19.8 Å². The molecule has 1 aromatic heterocycles. The lowest BCUT2D eigenvalue weighted by Crippen LogP contribution is -2.31. The Morgan fingerprint density at radius 3 is 2.76 bits per heavy atom. The summed E-state index contributed by atoms with van der Waals surface area (Å²) in [7, 11) is 0. The Labute approximate surface area is 184 Å². The zero-order valence-corrected chi connectivity index (χ0v) is 18.1. The van der Waals surface area contributed by atoms with Crippen LogP contribution in [0.1, 0.15) is 24.8 Å². The maximum atomic E-state index is 12.6. The minimum atomic E-state index is -0.115. The van der Waals surface area contributed by atoms with Gasteiger partial charge in [-0.25, -0.2) is 4.98 Å². The zero-order chi connectivity index (χ0) is 20.6. The summed E-state index contributed by atoms with van der Waals surface area (Å²) in [4.78, 5) is 30.7. The van der Waals surface area contributed by atoms with Gasteiger partial charge in [0.05, 0.1) is 11.2 Å². The number of carbonyl (C=O) groups is 2. The van der Waals surface area contributed by atoms with E-state index in [1.807, 2.05) is 29.0 Å². The van der Waals surface area contributed by atoms with E-state index in [0.717, 1.165) is 18.5 Å². The van der Waals surface area contributed by atoms with Crippen LogP contribution in [0.25, 0.3) is 6.08 Å². The molecule has 2 amide bonds. The predicted molar refractivity (Wildman–Crippen MR) is 120 cm³/mol. The Morgan fingerprint density at radius 2 is 2.03 bits per heavy atom. The van der Waals surface area contributed by atoms with E-state index in [4.69, 9.17) is 23.8 Å². The van der Waals surface area contributed by atoms with Gasteiger partial charge in [0.1, 0.15) is 4.32 Å². The molecule has 0 saturated carbocycles. The number of aryl methyl sites for hydroxylation is 1. The van der Waals surface area contributed by atoms with Gasteiger partial charge < -0.3 is 9.88 Å². The van der Waals surface area contributed by atoms with Gasteiger partial charge in [-0.1, -0.05) is 47.7 Å². The number of thiocarbonyl (C=S) groups is 1. The van der Waals surface area contributed by atoms with Crippen molar-refractivity contribution in [2.75, 3.05) is 13.1 Å². The summed E-state index contributed by atoms with van der Waals surface area (Å²) < 4.78 is 2.50. The number of hydrogen-bond donors (Lipinski definition) is 1. The van der Waals surface area contributed by atoms with Crippen molar-refractivity contribution in [2.24, 2.45) is 0 Å². The van der Waals surface area contributed by atoms with Crippen molar-refractivity contribution >= 4 is 57.8 Å². The normalized spacial score (nSPS) is 15.3. The summed E-state index contributed by atoms with van der Waals surface area (Å²) in [5, 5.41) is 3.55. The molecule has 2 heterocycles. The Hall–Kier alpha value is -2.16. The fraction of sp³-hybridized carbons (Fsp3) is 0.300. The van der Waals surface area contributed by atoms with Gasteiger partial charge >= 0.3 is 0 Å². The molecule has 0 atom stereocenters. The molecule has 29 heavy (non-hydrogen) atoms. The Bertz CT molecular complexity index is 898. The minimum absolute atomic E-state index is 0.0159. The van der Waals surface area contributed by atoms with Crippen molar-refractivity contribution in [2.45, 2.75) is 25.8 Å². The molecule has 1 aliphatic heterocycles. The third kappa shape index (κ3) is 6.42. The second kappa shape index (κ2) is 10.6. The van der Waals surface area contributed by atoms with Crippen LogP contribution in [0, 0.1) is 0 Å². The van der Waals surface area contributed by atoms with Gasteiger partial charge in [0.15, 0.2) is 0 Å². The number of halogens is 1. The van der Waals surface area contributed by atoms with E-state index in [9.17, 15) is 9.59 Å². The molecule has 1 aromatic carbocycles. The molecule has 1 aliphatic rings. The van der Waals surface area contributed by atoms with E-state index >= 15 is 0 Å². The van der Waals surface area contributed by atoms with E-state index in [2.05, 4.69) is 10.3 Å². The fourth-order valence-corrected chi connectivity index (χ4v) is 4.23. The van der Waals surface area contributed by atoms with E-state index in [1.165, 1.54) is 11.8 Å². The lowest BCUT2D eigenvalue weighted by molar-refractivity contribution is -0.124. The maximum absolute atomic E-state index is 12.6. The highest BCUT2D eigenvalue weighted by Gasteiger charge is 2.31. The van der Waals surface area contributed by atoms with Crippen LogP contribution in [0.4, 0.5) is 0 Å². The number of nitrogens with zero attached hydrogens (tertiary/aromatic N) is 3. The molecule has 1 saturated heterocycles. The molecule has 0 aliphatic carbocycles. The average Bonchev–Trinajstić information content (AvgIpc) is 3.31. The third-order valence-electron chi connectivity index (χ3n) is 4.30. The summed E-state index contributed by atoms with van der Waals surface area (Å²) in [6.07, 6.45) is 8.95. The molecular weight excluding hydrogens is 428 g/mol. The number of rotatable bonds is 9. The number of nitrogens with one attached hydrogen (secondary N) is 1. The van der Waals surface area contributed by atoms with Crippen molar-refractivity contribution in [3.63, 3.8) is 0 Å². The summed E-state index contributed by atoms with van der Waals surface area (Å²) in [5.74, 6) is -0.131. The van der Waals surface area contributed by atoms with Crippen molar-refractivity contribution in [3.8, 4) is 0 Å². The van der Waals surface area contributed by atoms with E-state index in [0.29, 0.717) is 40.2 Å². The summed E-state index contributed by atoms with van der Waals surface area (Å²) in [5.41, 5.74) is 0.893. The molecule has 0 radical (unpaired) electrons. The largest absolute Gasteiger partial charge is 0.356 e. The standard InChI is InChI=1S/C20H21ClN4O2S2/c21-16-6-4-15(5-7-16)13-17-19(27)25(20(28)29-17)11-1-3-18(26)23-8-2-10-24-12-9-22-14-24/h4-7,9,12-14H,1-3,8,10-11H2,(H,23,26)/b17-13-. The second-order valence-electron chi connectivity index (χ2n) is 6.49. The second-order valence-corrected chi connectivity index (χ2v) is 8.60.